The molecule has 1 aliphatic heterocycles. The fourth-order valence-electron chi connectivity index (χ4n) is 3.96. The summed E-state index contributed by atoms with van der Waals surface area (Å²) in [6.45, 7) is 1.69. The van der Waals surface area contributed by atoms with Crippen molar-refractivity contribution in [3.8, 4) is 5.88 Å². The van der Waals surface area contributed by atoms with Crippen LogP contribution in [0.5, 0.6) is 5.88 Å². The Morgan fingerprint density at radius 1 is 1.38 bits per heavy atom. The molecule has 1 N–H and O–H groups in total. The highest BCUT2D eigenvalue weighted by atomic mass is 16.5. The van der Waals surface area contributed by atoms with Crippen molar-refractivity contribution in [2.75, 3.05) is 13.7 Å². The Balaban J connectivity index is 1.53. The van der Waals surface area contributed by atoms with Crippen LogP contribution < -0.4 is 10.1 Å². The lowest BCUT2D eigenvalue weighted by atomic mass is 10.1. The normalized spacial score (nSPS) is 17.3. The van der Waals surface area contributed by atoms with E-state index in [1.54, 1.807) is 17.9 Å². The number of nitrogens with zero attached hydrogens (tertiary/aromatic N) is 4. The van der Waals surface area contributed by atoms with E-state index in [0.29, 0.717) is 30.6 Å². The van der Waals surface area contributed by atoms with Crippen molar-refractivity contribution < 1.29 is 14.3 Å². The summed E-state index contributed by atoms with van der Waals surface area (Å²) in [7, 11) is 3.27. The molecule has 1 amide bonds. The molecule has 8 heteroatoms. The van der Waals surface area contributed by atoms with E-state index in [1.165, 1.54) is 38.5 Å². The first-order chi connectivity index (χ1) is 12.7. The van der Waals surface area contributed by atoms with E-state index in [2.05, 4.69) is 15.1 Å². The lowest BCUT2D eigenvalue weighted by Crippen LogP contribution is -2.24. The van der Waals surface area contributed by atoms with E-state index >= 15 is 0 Å². The van der Waals surface area contributed by atoms with Gasteiger partial charge in [0.05, 0.1) is 38.6 Å². The Hall–Kier alpha value is -2.35. The fraction of sp³-hybridized carbons (Fsp3) is 0.611. The van der Waals surface area contributed by atoms with E-state index in [-0.39, 0.29) is 5.91 Å². The third-order valence-electron chi connectivity index (χ3n) is 5.25. The van der Waals surface area contributed by atoms with E-state index in [1.807, 2.05) is 0 Å². The molecule has 140 valence electrons. The number of nitrogens with one attached hydrogen (secondary N) is 1. The SMILES string of the molecule is COc1nn(C)cc1C(=O)NCc1nn(C2CCCC2)c2c1COCC2. The van der Waals surface area contributed by atoms with E-state index in [0.717, 1.165) is 24.3 Å². The van der Waals surface area contributed by atoms with Crippen LogP contribution in [-0.2, 0) is 31.4 Å². The number of hydrogen-bond donors (Lipinski definition) is 1. The van der Waals surface area contributed by atoms with Gasteiger partial charge in [-0.3, -0.25) is 14.2 Å². The van der Waals surface area contributed by atoms with Crippen molar-refractivity contribution in [1.29, 1.82) is 0 Å². The third kappa shape index (κ3) is 3.09. The number of aromatic nitrogens is 4. The van der Waals surface area contributed by atoms with Crippen LogP contribution in [0.1, 0.15) is 59.0 Å². The minimum Gasteiger partial charge on any atom is -0.479 e. The Labute approximate surface area is 152 Å². The van der Waals surface area contributed by atoms with Crippen LogP contribution >= 0.6 is 0 Å². The number of fused-ring (bicyclic) bond motifs is 1. The minimum atomic E-state index is -0.212. The lowest BCUT2D eigenvalue weighted by Gasteiger charge is -2.18. The van der Waals surface area contributed by atoms with Crippen molar-refractivity contribution >= 4 is 5.91 Å². The first kappa shape index (κ1) is 17.1. The number of rotatable bonds is 5. The largest absolute Gasteiger partial charge is 0.479 e. The quantitative estimate of drug-likeness (QED) is 0.879. The molecule has 2 aliphatic rings. The highest BCUT2D eigenvalue weighted by Gasteiger charge is 2.27. The summed E-state index contributed by atoms with van der Waals surface area (Å²) in [5.41, 5.74) is 3.76. The number of ether oxygens (including phenoxy) is 2. The predicted molar refractivity (Wildman–Crippen MR) is 94.0 cm³/mol. The summed E-state index contributed by atoms with van der Waals surface area (Å²) in [6.07, 6.45) is 7.46. The maximum Gasteiger partial charge on any atom is 0.258 e. The molecule has 1 fully saturated rings. The standard InChI is InChI=1S/C18H25N5O3/c1-22-10-13(18(21-22)25-2)17(24)19-9-15-14-11-26-8-7-16(14)23(20-15)12-5-3-4-6-12/h10,12H,3-9,11H2,1-2H3,(H,19,24). The summed E-state index contributed by atoms with van der Waals surface area (Å²) >= 11 is 0. The molecule has 26 heavy (non-hydrogen) atoms. The number of aryl methyl sites for hydroxylation is 1. The maximum absolute atomic E-state index is 12.5. The van der Waals surface area contributed by atoms with E-state index in [9.17, 15) is 4.79 Å². The molecule has 0 radical (unpaired) electrons. The smallest absolute Gasteiger partial charge is 0.258 e. The Bertz CT molecular complexity index is 804. The summed E-state index contributed by atoms with van der Waals surface area (Å²) in [4.78, 5) is 12.5. The molecule has 8 nitrogen and oxygen atoms in total. The fourth-order valence-corrected chi connectivity index (χ4v) is 3.96. The van der Waals surface area contributed by atoms with Gasteiger partial charge in [0.15, 0.2) is 0 Å². The van der Waals surface area contributed by atoms with Crippen LogP contribution in [0.4, 0.5) is 0 Å². The molecule has 3 heterocycles. The Kier molecular flexibility index (Phi) is 4.67. The van der Waals surface area contributed by atoms with Gasteiger partial charge in [-0.15, -0.1) is 5.10 Å². The van der Waals surface area contributed by atoms with Gasteiger partial charge in [0, 0.05) is 30.9 Å². The van der Waals surface area contributed by atoms with Crippen LogP contribution in [0.2, 0.25) is 0 Å². The second kappa shape index (κ2) is 7.11. The van der Waals surface area contributed by atoms with Gasteiger partial charge in [0.25, 0.3) is 5.91 Å². The lowest BCUT2D eigenvalue weighted by molar-refractivity contribution is 0.0944. The highest BCUT2D eigenvalue weighted by Crippen LogP contribution is 2.33. The first-order valence-electron chi connectivity index (χ1n) is 9.20. The van der Waals surface area contributed by atoms with E-state index < -0.39 is 0 Å². The molecule has 0 atom stereocenters. The topological polar surface area (TPSA) is 83.2 Å². The molecule has 2 aromatic heterocycles. The molecule has 0 unspecified atom stereocenters. The van der Waals surface area contributed by atoms with Crippen LogP contribution in [0.15, 0.2) is 6.20 Å². The van der Waals surface area contributed by atoms with Gasteiger partial charge in [0.1, 0.15) is 5.56 Å². The van der Waals surface area contributed by atoms with Crippen molar-refractivity contribution in [3.05, 3.63) is 28.7 Å². The van der Waals surface area contributed by atoms with Gasteiger partial charge < -0.3 is 14.8 Å². The van der Waals surface area contributed by atoms with E-state index in [4.69, 9.17) is 14.6 Å². The second-order valence-electron chi connectivity index (χ2n) is 6.97. The molecule has 0 aromatic carbocycles. The summed E-state index contributed by atoms with van der Waals surface area (Å²) in [5, 5.41) is 11.9. The number of methoxy groups -OCH3 is 1. The zero-order valence-corrected chi connectivity index (χ0v) is 15.3. The molecule has 2 aromatic rings. The van der Waals surface area contributed by atoms with Gasteiger partial charge in [-0.25, -0.2) is 0 Å². The van der Waals surface area contributed by atoms with Gasteiger partial charge >= 0.3 is 0 Å². The van der Waals surface area contributed by atoms with Crippen molar-refractivity contribution in [2.45, 2.75) is 51.3 Å². The van der Waals surface area contributed by atoms with Gasteiger partial charge in [-0.1, -0.05) is 12.8 Å². The average molecular weight is 359 g/mol. The van der Waals surface area contributed by atoms with Gasteiger partial charge in [-0.2, -0.15) is 5.10 Å². The molecule has 0 saturated heterocycles. The second-order valence-corrected chi connectivity index (χ2v) is 6.97. The van der Waals surface area contributed by atoms with Crippen molar-refractivity contribution in [3.63, 3.8) is 0 Å². The maximum atomic E-state index is 12.5. The van der Waals surface area contributed by atoms with Gasteiger partial charge in [0.2, 0.25) is 5.88 Å². The Morgan fingerprint density at radius 3 is 2.96 bits per heavy atom. The van der Waals surface area contributed by atoms with Crippen molar-refractivity contribution in [2.24, 2.45) is 7.05 Å². The van der Waals surface area contributed by atoms with Crippen molar-refractivity contribution in [1.82, 2.24) is 24.9 Å². The molecule has 4 rings (SSSR count). The molecule has 0 bridgehead atoms. The molecule has 1 aliphatic carbocycles. The van der Waals surface area contributed by atoms with Crippen LogP contribution in [-0.4, -0.2) is 39.2 Å². The third-order valence-corrected chi connectivity index (χ3v) is 5.25. The minimum absolute atomic E-state index is 0.212. The molecule has 0 spiro atoms. The average Bonchev–Trinajstić information content (AvgIpc) is 3.37. The number of amides is 1. The van der Waals surface area contributed by atoms with Crippen LogP contribution in [0.25, 0.3) is 0 Å². The summed E-state index contributed by atoms with van der Waals surface area (Å²) < 4.78 is 14.6. The monoisotopic (exact) mass is 359 g/mol. The zero-order valence-electron chi connectivity index (χ0n) is 15.3. The first-order valence-corrected chi connectivity index (χ1v) is 9.20. The number of carbonyl (C=O) groups excluding carboxylic acids is 1. The molecular formula is C18H25N5O3. The number of hydrogen-bond acceptors (Lipinski definition) is 5. The van der Waals surface area contributed by atoms with Crippen LogP contribution in [0.3, 0.4) is 0 Å². The van der Waals surface area contributed by atoms with Gasteiger partial charge in [-0.05, 0) is 12.8 Å². The molecular weight excluding hydrogens is 334 g/mol. The molecule has 1 saturated carbocycles. The number of carbonyl (C=O) groups is 1. The Morgan fingerprint density at radius 2 is 2.19 bits per heavy atom. The highest BCUT2D eigenvalue weighted by molar-refractivity contribution is 5.96. The zero-order chi connectivity index (χ0) is 18.1. The summed E-state index contributed by atoms with van der Waals surface area (Å²) in [6, 6.07) is 0.490. The predicted octanol–water partition coefficient (Wildman–Crippen LogP) is 1.74. The summed E-state index contributed by atoms with van der Waals surface area (Å²) in [5.74, 6) is 0.114. The van der Waals surface area contributed by atoms with Crippen LogP contribution in [0, 0.1) is 0 Å².